The maximum Gasteiger partial charge on any atom is 0.0638 e. The molecule has 2 heterocycles. The zero-order valence-corrected chi connectivity index (χ0v) is 12.3. The highest BCUT2D eigenvalue weighted by molar-refractivity contribution is 7.11. The Kier molecular flexibility index (Phi) is 4.19. The SMILES string of the molecule is Cc1ccc(CC(C)NCc2c(C)n[nH]c2C)s1. The van der Waals surface area contributed by atoms with Crippen LogP contribution in [0.4, 0.5) is 0 Å². The normalized spacial score (nSPS) is 12.9. The molecule has 2 aromatic rings. The number of H-pyrrole nitrogens is 1. The zero-order chi connectivity index (χ0) is 13.1. The lowest BCUT2D eigenvalue weighted by atomic mass is 10.1. The lowest BCUT2D eigenvalue weighted by molar-refractivity contribution is 0.546. The van der Waals surface area contributed by atoms with Gasteiger partial charge in [0.25, 0.3) is 0 Å². The van der Waals surface area contributed by atoms with E-state index in [1.807, 2.05) is 18.3 Å². The Morgan fingerprint density at radius 2 is 2.11 bits per heavy atom. The fraction of sp³-hybridized carbons (Fsp3) is 0.500. The molecule has 0 aliphatic rings. The molecule has 1 atom stereocenters. The van der Waals surface area contributed by atoms with Gasteiger partial charge in [-0.25, -0.2) is 0 Å². The first-order valence-corrected chi connectivity index (χ1v) is 7.17. The van der Waals surface area contributed by atoms with Crippen LogP contribution in [0.25, 0.3) is 0 Å². The van der Waals surface area contributed by atoms with Crippen LogP contribution in [0.1, 0.15) is 33.6 Å². The molecule has 0 aromatic carbocycles. The van der Waals surface area contributed by atoms with E-state index >= 15 is 0 Å². The zero-order valence-electron chi connectivity index (χ0n) is 11.5. The fourth-order valence-corrected chi connectivity index (χ4v) is 3.10. The van der Waals surface area contributed by atoms with E-state index in [0.717, 1.165) is 18.7 Å². The summed E-state index contributed by atoms with van der Waals surface area (Å²) in [6.07, 6.45) is 1.09. The predicted molar refractivity (Wildman–Crippen MR) is 77.1 cm³/mol. The van der Waals surface area contributed by atoms with Crippen LogP contribution in [0.3, 0.4) is 0 Å². The van der Waals surface area contributed by atoms with Gasteiger partial charge in [-0.3, -0.25) is 5.10 Å². The summed E-state index contributed by atoms with van der Waals surface area (Å²) in [5.41, 5.74) is 3.56. The van der Waals surface area contributed by atoms with Crippen molar-refractivity contribution < 1.29 is 0 Å². The third-order valence-electron chi connectivity index (χ3n) is 3.21. The second kappa shape index (κ2) is 5.67. The van der Waals surface area contributed by atoms with Gasteiger partial charge < -0.3 is 5.32 Å². The summed E-state index contributed by atoms with van der Waals surface area (Å²) in [5, 5.41) is 10.8. The molecule has 0 aliphatic heterocycles. The van der Waals surface area contributed by atoms with Gasteiger partial charge in [0.1, 0.15) is 0 Å². The van der Waals surface area contributed by atoms with E-state index < -0.39 is 0 Å². The van der Waals surface area contributed by atoms with Crippen molar-refractivity contribution in [2.45, 2.75) is 46.7 Å². The minimum Gasteiger partial charge on any atom is -0.310 e. The molecular weight excluding hydrogens is 242 g/mol. The van der Waals surface area contributed by atoms with E-state index in [1.165, 1.54) is 21.0 Å². The third-order valence-corrected chi connectivity index (χ3v) is 4.23. The summed E-state index contributed by atoms with van der Waals surface area (Å²) in [4.78, 5) is 2.84. The van der Waals surface area contributed by atoms with E-state index in [1.54, 1.807) is 0 Å². The molecule has 18 heavy (non-hydrogen) atoms. The van der Waals surface area contributed by atoms with Gasteiger partial charge in [0.15, 0.2) is 0 Å². The Labute approximate surface area is 113 Å². The molecule has 0 saturated heterocycles. The topological polar surface area (TPSA) is 40.7 Å². The summed E-state index contributed by atoms with van der Waals surface area (Å²) in [6, 6.07) is 4.90. The van der Waals surface area contributed by atoms with Crippen molar-refractivity contribution in [3.63, 3.8) is 0 Å². The van der Waals surface area contributed by atoms with Gasteiger partial charge in [0.2, 0.25) is 0 Å². The van der Waals surface area contributed by atoms with E-state index in [-0.39, 0.29) is 0 Å². The third kappa shape index (κ3) is 3.21. The smallest absolute Gasteiger partial charge is 0.0638 e. The molecule has 0 fully saturated rings. The average Bonchev–Trinajstić information content (AvgIpc) is 2.84. The first kappa shape index (κ1) is 13.3. The first-order valence-electron chi connectivity index (χ1n) is 6.35. The van der Waals surface area contributed by atoms with Crippen molar-refractivity contribution in [2.75, 3.05) is 0 Å². The Balaban J connectivity index is 1.87. The minimum atomic E-state index is 0.483. The Morgan fingerprint density at radius 1 is 1.33 bits per heavy atom. The number of hydrogen-bond donors (Lipinski definition) is 2. The summed E-state index contributed by atoms with van der Waals surface area (Å²) in [7, 11) is 0. The van der Waals surface area contributed by atoms with Gasteiger partial charge in [-0.2, -0.15) is 5.10 Å². The fourth-order valence-electron chi connectivity index (χ4n) is 2.08. The Hall–Kier alpha value is -1.13. The van der Waals surface area contributed by atoms with E-state index in [4.69, 9.17) is 0 Å². The summed E-state index contributed by atoms with van der Waals surface area (Å²) < 4.78 is 0. The summed E-state index contributed by atoms with van der Waals surface area (Å²) >= 11 is 1.89. The predicted octanol–water partition coefficient (Wildman–Crippen LogP) is 3.12. The number of rotatable bonds is 5. The maximum absolute atomic E-state index is 4.22. The second-order valence-electron chi connectivity index (χ2n) is 4.91. The molecule has 2 rings (SSSR count). The van der Waals surface area contributed by atoms with E-state index in [0.29, 0.717) is 6.04 Å². The van der Waals surface area contributed by atoms with Crippen LogP contribution in [0, 0.1) is 20.8 Å². The number of aromatic nitrogens is 2. The molecule has 3 nitrogen and oxygen atoms in total. The van der Waals surface area contributed by atoms with Crippen LogP contribution >= 0.6 is 11.3 Å². The molecule has 0 amide bonds. The minimum absolute atomic E-state index is 0.483. The van der Waals surface area contributed by atoms with Crippen LogP contribution < -0.4 is 5.32 Å². The van der Waals surface area contributed by atoms with Crippen molar-refractivity contribution in [2.24, 2.45) is 0 Å². The lowest BCUT2D eigenvalue weighted by Crippen LogP contribution is -2.27. The number of thiophene rings is 1. The van der Waals surface area contributed by atoms with Gasteiger partial charge in [-0.05, 0) is 46.2 Å². The monoisotopic (exact) mass is 263 g/mol. The molecule has 98 valence electrons. The van der Waals surface area contributed by atoms with Crippen LogP contribution in [-0.4, -0.2) is 16.2 Å². The lowest BCUT2D eigenvalue weighted by Gasteiger charge is -2.13. The van der Waals surface area contributed by atoms with Gasteiger partial charge in [-0.1, -0.05) is 0 Å². The highest BCUT2D eigenvalue weighted by atomic mass is 32.1. The van der Waals surface area contributed by atoms with E-state index in [9.17, 15) is 0 Å². The first-order chi connectivity index (χ1) is 8.56. The quantitative estimate of drug-likeness (QED) is 0.870. The largest absolute Gasteiger partial charge is 0.310 e. The van der Waals surface area contributed by atoms with Crippen molar-refractivity contribution in [1.29, 1.82) is 0 Å². The van der Waals surface area contributed by atoms with Crippen LogP contribution in [0.5, 0.6) is 0 Å². The van der Waals surface area contributed by atoms with Gasteiger partial charge in [0, 0.05) is 33.6 Å². The molecule has 0 radical (unpaired) electrons. The highest BCUT2D eigenvalue weighted by Gasteiger charge is 2.09. The summed E-state index contributed by atoms with van der Waals surface area (Å²) in [6.45, 7) is 9.40. The number of nitrogens with one attached hydrogen (secondary N) is 2. The van der Waals surface area contributed by atoms with Gasteiger partial charge >= 0.3 is 0 Å². The molecular formula is C14H21N3S. The molecule has 2 N–H and O–H groups in total. The number of hydrogen-bond acceptors (Lipinski definition) is 3. The number of nitrogens with zero attached hydrogens (tertiary/aromatic N) is 1. The molecule has 0 saturated carbocycles. The van der Waals surface area contributed by atoms with Gasteiger partial charge in [-0.15, -0.1) is 11.3 Å². The molecule has 0 aliphatic carbocycles. The van der Waals surface area contributed by atoms with Crippen molar-refractivity contribution in [1.82, 2.24) is 15.5 Å². The van der Waals surface area contributed by atoms with Crippen molar-refractivity contribution in [3.8, 4) is 0 Å². The Morgan fingerprint density at radius 3 is 2.67 bits per heavy atom. The van der Waals surface area contributed by atoms with Crippen molar-refractivity contribution in [3.05, 3.63) is 38.8 Å². The highest BCUT2D eigenvalue weighted by Crippen LogP contribution is 2.17. The number of aryl methyl sites for hydroxylation is 3. The van der Waals surface area contributed by atoms with Gasteiger partial charge in [0.05, 0.1) is 5.69 Å². The second-order valence-corrected chi connectivity index (χ2v) is 6.28. The molecule has 0 bridgehead atoms. The molecule has 1 unspecified atom stereocenters. The number of aromatic amines is 1. The Bertz CT molecular complexity index is 493. The van der Waals surface area contributed by atoms with Crippen molar-refractivity contribution >= 4 is 11.3 Å². The van der Waals surface area contributed by atoms with Crippen LogP contribution in [0.15, 0.2) is 12.1 Å². The average molecular weight is 263 g/mol. The standard InChI is InChI=1S/C14H21N3S/c1-9(7-13-6-5-10(2)18-13)15-8-14-11(3)16-17-12(14)4/h5-6,9,15H,7-8H2,1-4H3,(H,16,17). The van der Waals surface area contributed by atoms with Crippen LogP contribution in [-0.2, 0) is 13.0 Å². The summed E-state index contributed by atoms with van der Waals surface area (Å²) in [5.74, 6) is 0. The maximum atomic E-state index is 4.22. The van der Waals surface area contributed by atoms with E-state index in [2.05, 4.69) is 48.4 Å². The molecule has 0 spiro atoms. The molecule has 2 aromatic heterocycles. The molecule has 4 heteroatoms. The van der Waals surface area contributed by atoms with Crippen LogP contribution in [0.2, 0.25) is 0 Å².